The lowest BCUT2D eigenvalue weighted by Crippen LogP contribution is -2.56. The summed E-state index contributed by atoms with van der Waals surface area (Å²) < 4.78 is 4.80. The Labute approximate surface area is 402 Å². The van der Waals surface area contributed by atoms with E-state index in [4.69, 9.17) is 4.98 Å². The minimum Gasteiger partial charge on any atom is -0.346 e. The molecule has 5 nitrogen and oxygen atoms in total. The summed E-state index contributed by atoms with van der Waals surface area (Å²) >= 11 is 0. The smallest absolute Gasteiger partial charge is 0.145 e. The Bertz CT molecular complexity index is 3840. The van der Waals surface area contributed by atoms with Crippen molar-refractivity contribution in [1.82, 2.24) is 14.1 Å². The topological polar surface area (TPSA) is 29.2 Å². The van der Waals surface area contributed by atoms with Gasteiger partial charge in [-0.15, -0.1) is 0 Å². The first-order chi connectivity index (χ1) is 34.2. The first-order valence-corrected chi connectivity index (χ1v) is 24.5. The number of imidazole rings is 1. The number of fused-ring (bicyclic) bond motifs is 8. The van der Waals surface area contributed by atoms with E-state index < -0.39 is 5.54 Å². The maximum atomic E-state index is 5.23. The van der Waals surface area contributed by atoms with Gasteiger partial charge in [-0.05, 0) is 109 Å². The third-order valence-corrected chi connectivity index (χ3v) is 15.3. The van der Waals surface area contributed by atoms with Crippen LogP contribution in [0, 0.1) is 0 Å². The fourth-order valence-electron chi connectivity index (χ4n) is 12.5. The van der Waals surface area contributed by atoms with E-state index in [1.165, 1.54) is 71.9 Å². The molecule has 0 N–H and O–H groups in total. The minimum atomic E-state index is -0.699. The van der Waals surface area contributed by atoms with Crippen LogP contribution in [-0.4, -0.2) is 20.2 Å². The maximum absolute atomic E-state index is 5.23. The van der Waals surface area contributed by atoms with Crippen LogP contribution >= 0.6 is 0 Å². The Morgan fingerprint density at radius 3 is 2.06 bits per heavy atom. The average molecular weight is 888 g/mol. The molecule has 0 spiro atoms. The van der Waals surface area contributed by atoms with Gasteiger partial charge in [0.15, 0.2) is 0 Å². The van der Waals surface area contributed by atoms with E-state index >= 15 is 0 Å². The summed E-state index contributed by atoms with van der Waals surface area (Å²) in [5, 5.41) is 3.98. The summed E-state index contributed by atoms with van der Waals surface area (Å²) in [6.07, 6.45) is 12.0. The fourth-order valence-corrected chi connectivity index (χ4v) is 12.5. The van der Waals surface area contributed by atoms with Gasteiger partial charge in [0.1, 0.15) is 11.4 Å². The van der Waals surface area contributed by atoms with Gasteiger partial charge in [-0.25, -0.2) is 4.98 Å². The first kappa shape index (κ1) is 39.7. The molecular weight excluding hydrogens is 839 g/mol. The highest BCUT2D eigenvalue weighted by atomic mass is 15.3. The van der Waals surface area contributed by atoms with E-state index in [0.717, 1.165) is 53.2 Å². The second kappa shape index (κ2) is 15.6. The van der Waals surface area contributed by atoms with Gasteiger partial charge in [-0.3, -0.25) is 4.57 Å². The molecule has 5 heteroatoms. The quantitative estimate of drug-likeness (QED) is 0.160. The van der Waals surface area contributed by atoms with Crippen LogP contribution in [0.15, 0.2) is 230 Å². The van der Waals surface area contributed by atoms with Crippen LogP contribution in [0.4, 0.5) is 17.1 Å². The molecular formula is C64H49N5. The van der Waals surface area contributed by atoms with E-state index in [2.05, 4.69) is 256 Å². The van der Waals surface area contributed by atoms with Crippen LogP contribution in [0.5, 0.6) is 0 Å². The van der Waals surface area contributed by atoms with Crippen molar-refractivity contribution < 1.29 is 0 Å². The number of nitrogens with zero attached hydrogens (tertiary/aromatic N) is 5. The first-order valence-electron chi connectivity index (χ1n) is 24.5. The third kappa shape index (κ3) is 5.80. The minimum absolute atomic E-state index is 0.0339. The van der Waals surface area contributed by atoms with E-state index in [1.807, 2.05) is 0 Å². The van der Waals surface area contributed by atoms with Crippen molar-refractivity contribution in [2.24, 2.45) is 0 Å². The number of hydrogen-bond acceptors (Lipinski definition) is 3. The highest BCUT2D eigenvalue weighted by Crippen LogP contribution is 2.61. The zero-order valence-corrected chi connectivity index (χ0v) is 38.5. The standard InChI is InChI=1S/C64H49N5/c1-2-66-56-28-14-9-23-49(56)51-42-62-52(41-61(51)66)50-24-10-15-29-57(50)69(62)64(46-37-33-44(34-38-46)43-19-5-3-6-20-43)53-25-11-16-30-58(53)67(59-31-17-12-26-54(59)64)48-39-35-45(36-40-48)63-65-55-27-13-18-32-60(55)68(63)47-21-7-4-8-22-47/h3-16,18-30,32-42,52,62H,2,17,31H2,1H3. The zero-order valence-electron chi connectivity index (χ0n) is 38.5. The van der Waals surface area contributed by atoms with E-state index in [9.17, 15) is 0 Å². The molecule has 3 unspecified atom stereocenters. The lowest BCUT2D eigenvalue weighted by molar-refractivity contribution is 0.515. The Kier molecular flexibility index (Phi) is 8.97. The maximum Gasteiger partial charge on any atom is 0.145 e. The van der Waals surface area contributed by atoms with Crippen LogP contribution in [0.1, 0.15) is 42.4 Å². The molecule has 0 saturated carbocycles. The summed E-state index contributed by atoms with van der Waals surface area (Å²) in [4.78, 5) is 10.6. The molecule has 2 aliphatic heterocycles. The van der Waals surface area contributed by atoms with Crippen LogP contribution in [0.25, 0.3) is 62.3 Å². The monoisotopic (exact) mass is 887 g/mol. The third-order valence-electron chi connectivity index (χ3n) is 15.3. The van der Waals surface area contributed by atoms with Crippen molar-refractivity contribution in [3.63, 3.8) is 0 Å². The predicted octanol–water partition coefficient (Wildman–Crippen LogP) is 13.6. The largest absolute Gasteiger partial charge is 0.346 e. The van der Waals surface area contributed by atoms with Crippen molar-refractivity contribution >= 4 is 51.2 Å². The molecule has 330 valence electrons. The summed E-state index contributed by atoms with van der Waals surface area (Å²) in [7, 11) is 0. The molecule has 0 radical (unpaired) electrons. The molecule has 4 aliphatic rings. The van der Waals surface area contributed by atoms with Crippen LogP contribution in [0.3, 0.4) is 0 Å². The molecule has 0 fully saturated rings. The van der Waals surface area contributed by atoms with Gasteiger partial charge in [0.2, 0.25) is 0 Å². The molecule has 0 amide bonds. The molecule has 2 aliphatic carbocycles. The molecule has 0 bridgehead atoms. The molecule has 8 aromatic carbocycles. The normalized spacial score (nSPS) is 18.9. The van der Waals surface area contributed by atoms with Crippen LogP contribution in [0.2, 0.25) is 0 Å². The van der Waals surface area contributed by atoms with Crippen molar-refractivity contribution in [2.75, 3.05) is 9.80 Å². The Balaban J connectivity index is 1.01. The highest BCUT2D eigenvalue weighted by molar-refractivity contribution is 5.90. The number of anilines is 3. The SMILES string of the molecule is CCn1c2c(c3ccccc31)=CC1C(C=2)c2ccccc2N1C1(c2ccc(-c3ccccc3)cc2)C2=C(CCC=C2)N(c2ccc(-c3nc4ccccc4n3-c3ccccc3)cc2)c2ccccc21. The van der Waals surface area contributed by atoms with Gasteiger partial charge >= 0.3 is 0 Å². The summed E-state index contributed by atoms with van der Waals surface area (Å²) in [6.45, 7) is 3.19. The van der Waals surface area contributed by atoms with Gasteiger partial charge in [-0.1, -0.05) is 164 Å². The van der Waals surface area contributed by atoms with E-state index in [0.29, 0.717) is 0 Å². The number of para-hydroxylation sites is 6. The van der Waals surface area contributed by atoms with E-state index in [-0.39, 0.29) is 12.0 Å². The molecule has 2 aromatic heterocycles. The second-order valence-electron chi connectivity index (χ2n) is 18.8. The second-order valence-corrected chi connectivity index (χ2v) is 18.8. The molecule has 69 heavy (non-hydrogen) atoms. The summed E-state index contributed by atoms with van der Waals surface area (Å²) in [6, 6.07) is 76.0. The molecule has 4 heterocycles. The van der Waals surface area contributed by atoms with E-state index in [1.54, 1.807) is 0 Å². The molecule has 0 saturated heterocycles. The number of aromatic nitrogens is 3. The van der Waals surface area contributed by atoms with Gasteiger partial charge in [0.25, 0.3) is 0 Å². The number of benzene rings is 8. The van der Waals surface area contributed by atoms with Crippen molar-refractivity contribution in [1.29, 1.82) is 0 Å². The summed E-state index contributed by atoms with van der Waals surface area (Å²) in [5.41, 5.74) is 17.4. The number of aryl methyl sites for hydroxylation is 1. The van der Waals surface area contributed by atoms with Crippen molar-refractivity contribution in [2.45, 2.75) is 43.8 Å². The van der Waals surface area contributed by atoms with Crippen LogP contribution in [-0.2, 0) is 12.1 Å². The predicted molar refractivity (Wildman–Crippen MR) is 284 cm³/mol. The molecule has 3 atom stereocenters. The highest BCUT2D eigenvalue weighted by Gasteiger charge is 2.56. The molecule has 14 rings (SSSR count). The molecule has 10 aromatic rings. The van der Waals surface area contributed by atoms with Crippen molar-refractivity contribution in [3.8, 4) is 28.2 Å². The Hall–Kier alpha value is -8.41. The van der Waals surface area contributed by atoms with Gasteiger partial charge in [-0.2, -0.15) is 0 Å². The van der Waals surface area contributed by atoms with Gasteiger partial charge in [0, 0.05) is 73.4 Å². The Morgan fingerprint density at radius 2 is 1.25 bits per heavy atom. The fraction of sp³-hybridized carbons (Fsp3) is 0.109. The van der Waals surface area contributed by atoms with Gasteiger partial charge in [0.05, 0.1) is 22.8 Å². The van der Waals surface area contributed by atoms with Crippen LogP contribution < -0.4 is 20.4 Å². The number of hydrogen-bond donors (Lipinski definition) is 0. The summed E-state index contributed by atoms with van der Waals surface area (Å²) in [5.74, 6) is 1.08. The lowest BCUT2D eigenvalue weighted by Gasteiger charge is -2.54. The Morgan fingerprint density at radius 1 is 0.580 bits per heavy atom. The van der Waals surface area contributed by atoms with Gasteiger partial charge < -0.3 is 14.4 Å². The zero-order chi connectivity index (χ0) is 45.6. The lowest BCUT2D eigenvalue weighted by atomic mass is 9.68. The van der Waals surface area contributed by atoms with Crippen molar-refractivity contribution in [3.05, 3.63) is 257 Å². The average Bonchev–Trinajstić information content (AvgIpc) is 4.08. The number of allylic oxidation sites excluding steroid dienone is 2. The number of rotatable bonds is 7.